The molecular formula is C27H33NO4. The first-order valence-corrected chi connectivity index (χ1v) is 11.6. The molecule has 5 heteroatoms. The molecule has 0 spiro atoms. The van der Waals surface area contributed by atoms with E-state index in [0.29, 0.717) is 6.42 Å². The second kappa shape index (κ2) is 8.27. The van der Waals surface area contributed by atoms with Crippen LogP contribution in [0.15, 0.2) is 48.5 Å². The van der Waals surface area contributed by atoms with Gasteiger partial charge in [0.2, 0.25) is 0 Å². The van der Waals surface area contributed by atoms with Crippen LogP contribution in [0, 0.1) is 5.41 Å². The lowest BCUT2D eigenvalue weighted by Gasteiger charge is -2.53. The molecule has 0 aromatic heterocycles. The van der Waals surface area contributed by atoms with Gasteiger partial charge in [-0.15, -0.1) is 0 Å². The number of aliphatic carboxylic acids is 1. The largest absolute Gasteiger partial charge is 0.479 e. The summed E-state index contributed by atoms with van der Waals surface area (Å²) >= 11 is 0. The van der Waals surface area contributed by atoms with E-state index in [-0.39, 0.29) is 18.6 Å². The Bertz CT molecular complexity index is 982. The van der Waals surface area contributed by atoms with Gasteiger partial charge >= 0.3 is 12.1 Å². The molecule has 0 heterocycles. The molecule has 1 saturated carbocycles. The molecule has 2 aromatic carbocycles. The zero-order chi connectivity index (χ0) is 23.1. The van der Waals surface area contributed by atoms with Crippen molar-refractivity contribution in [3.63, 3.8) is 0 Å². The normalized spacial score (nSPS) is 21.7. The second-order valence-corrected chi connectivity index (χ2v) is 10.0. The average molecular weight is 436 g/mol. The molecule has 32 heavy (non-hydrogen) atoms. The summed E-state index contributed by atoms with van der Waals surface area (Å²) in [5.74, 6) is -0.995. The molecule has 1 unspecified atom stereocenters. The van der Waals surface area contributed by atoms with Crippen LogP contribution in [0.4, 0.5) is 4.79 Å². The summed E-state index contributed by atoms with van der Waals surface area (Å²) < 4.78 is 5.91. The van der Waals surface area contributed by atoms with Crippen LogP contribution in [0.25, 0.3) is 11.1 Å². The van der Waals surface area contributed by atoms with Crippen molar-refractivity contribution in [1.82, 2.24) is 4.90 Å². The Morgan fingerprint density at radius 3 is 2.03 bits per heavy atom. The fourth-order valence-electron chi connectivity index (χ4n) is 5.91. The van der Waals surface area contributed by atoms with Crippen molar-refractivity contribution in [3.05, 3.63) is 59.7 Å². The Morgan fingerprint density at radius 2 is 1.53 bits per heavy atom. The number of hydrogen-bond donors (Lipinski definition) is 1. The van der Waals surface area contributed by atoms with Crippen LogP contribution in [0.1, 0.15) is 70.4 Å². The fraction of sp³-hybridized carbons (Fsp3) is 0.481. The Balaban J connectivity index is 1.63. The number of carboxylic acid groups (broad SMARTS) is 1. The third-order valence-electron chi connectivity index (χ3n) is 7.52. The van der Waals surface area contributed by atoms with E-state index < -0.39 is 23.0 Å². The third-order valence-corrected chi connectivity index (χ3v) is 7.52. The number of nitrogens with zero attached hydrogens (tertiary/aromatic N) is 1. The molecule has 1 atom stereocenters. The van der Waals surface area contributed by atoms with Gasteiger partial charge in [-0.25, -0.2) is 9.59 Å². The number of rotatable bonds is 5. The Labute approximate surface area is 190 Å². The van der Waals surface area contributed by atoms with Gasteiger partial charge in [0.1, 0.15) is 12.1 Å². The minimum absolute atomic E-state index is 0.0551. The average Bonchev–Trinajstić information content (AvgIpc) is 3.07. The smallest absolute Gasteiger partial charge is 0.411 e. The summed E-state index contributed by atoms with van der Waals surface area (Å²) in [6.45, 7) is 7.86. The van der Waals surface area contributed by atoms with E-state index in [9.17, 15) is 14.7 Å². The highest BCUT2D eigenvalue weighted by atomic mass is 16.6. The monoisotopic (exact) mass is 435 g/mol. The molecule has 2 aliphatic rings. The lowest BCUT2D eigenvalue weighted by molar-refractivity contribution is -0.166. The van der Waals surface area contributed by atoms with Gasteiger partial charge in [-0.2, -0.15) is 0 Å². The van der Waals surface area contributed by atoms with Crippen molar-refractivity contribution in [3.8, 4) is 11.1 Å². The quantitative estimate of drug-likeness (QED) is 0.619. The van der Waals surface area contributed by atoms with E-state index in [1.54, 1.807) is 0 Å². The molecule has 1 N–H and O–H groups in total. The topological polar surface area (TPSA) is 66.8 Å². The predicted molar refractivity (Wildman–Crippen MR) is 125 cm³/mol. The van der Waals surface area contributed by atoms with Gasteiger partial charge in [0.15, 0.2) is 0 Å². The summed E-state index contributed by atoms with van der Waals surface area (Å²) in [5, 5.41) is 10.4. The number of ether oxygens (including phenoxy) is 1. The van der Waals surface area contributed by atoms with E-state index in [0.717, 1.165) is 30.4 Å². The number of carbonyl (C=O) groups is 2. The lowest BCUT2D eigenvalue weighted by Crippen LogP contribution is -2.67. The summed E-state index contributed by atoms with van der Waals surface area (Å²) in [7, 11) is 0. The Morgan fingerprint density at radius 1 is 1.00 bits per heavy atom. The summed E-state index contributed by atoms with van der Waals surface area (Å²) in [4.78, 5) is 27.7. The molecule has 0 radical (unpaired) electrons. The number of carbonyl (C=O) groups excluding carboxylic acids is 1. The van der Waals surface area contributed by atoms with Crippen molar-refractivity contribution >= 4 is 12.1 Å². The number of benzene rings is 2. The maximum absolute atomic E-state index is 13.5. The third kappa shape index (κ3) is 3.39. The van der Waals surface area contributed by atoms with E-state index in [4.69, 9.17) is 4.74 Å². The number of fused-ring (bicyclic) bond motifs is 3. The van der Waals surface area contributed by atoms with Gasteiger partial charge in [0.25, 0.3) is 0 Å². The highest BCUT2D eigenvalue weighted by molar-refractivity contribution is 5.86. The standard InChI is InChI=1S/C27H33NO4/c1-18(2)28(27(24(29)30)16-10-9-15-26(27,3)4)25(31)32-17-23-21-13-7-5-11-19(21)20-12-6-8-14-22(20)23/h5-8,11-14,18,23H,9-10,15-17H2,1-4H3,(H,29,30). The van der Waals surface area contributed by atoms with Gasteiger partial charge in [-0.3, -0.25) is 4.90 Å². The molecule has 0 bridgehead atoms. The Hall–Kier alpha value is -2.82. The number of amides is 1. The zero-order valence-corrected chi connectivity index (χ0v) is 19.4. The van der Waals surface area contributed by atoms with E-state index in [1.165, 1.54) is 16.0 Å². The molecule has 2 aromatic rings. The van der Waals surface area contributed by atoms with Gasteiger partial charge in [0, 0.05) is 12.0 Å². The molecule has 1 fully saturated rings. The van der Waals surface area contributed by atoms with Crippen LogP contribution < -0.4 is 0 Å². The fourth-order valence-corrected chi connectivity index (χ4v) is 5.91. The molecule has 0 saturated heterocycles. The molecule has 4 rings (SSSR count). The van der Waals surface area contributed by atoms with E-state index in [1.807, 2.05) is 52.0 Å². The first-order chi connectivity index (χ1) is 15.2. The van der Waals surface area contributed by atoms with Crippen molar-refractivity contribution in [1.29, 1.82) is 0 Å². The summed E-state index contributed by atoms with van der Waals surface area (Å²) in [6, 6.07) is 16.1. The highest BCUT2D eigenvalue weighted by Gasteiger charge is 2.59. The zero-order valence-electron chi connectivity index (χ0n) is 19.4. The van der Waals surface area contributed by atoms with E-state index >= 15 is 0 Å². The molecule has 0 aliphatic heterocycles. The maximum Gasteiger partial charge on any atom is 0.411 e. The number of carboxylic acids is 1. The van der Waals surface area contributed by atoms with Gasteiger partial charge in [-0.1, -0.05) is 75.2 Å². The van der Waals surface area contributed by atoms with Crippen LogP contribution in [0.5, 0.6) is 0 Å². The van der Waals surface area contributed by atoms with Crippen molar-refractivity contribution in [2.45, 2.75) is 70.9 Å². The second-order valence-electron chi connectivity index (χ2n) is 10.0. The Kier molecular flexibility index (Phi) is 5.78. The summed E-state index contributed by atoms with van der Waals surface area (Å²) in [6.07, 6.45) is 2.42. The molecule has 5 nitrogen and oxygen atoms in total. The van der Waals surface area contributed by atoms with Crippen LogP contribution in [0.3, 0.4) is 0 Å². The minimum Gasteiger partial charge on any atom is -0.479 e. The maximum atomic E-state index is 13.5. The lowest BCUT2D eigenvalue weighted by atomic mass is 9.62. The van der Waals surface area contributed by atoms with E-state index in [2.05, 4.69) is 24.3 Å². The van der Waals surface area contributed by atoms with Crippen molar-refractivity contribution in [2.24, 2.45) is 5.41 Å². The number of hydrogen-bond acceptors (Lipinski definition) is 3. The van der Waals surface area contributed by atoms with Gasteiger partial charge < -0.3 is 9.84 Å². The predicted octanol–water partition coefficient (Wildman–Crippen LogP) is 6.07. The molecule has 1 amide bonds. The highest BCUT2D eigenvalue weighted by Crippen LogP contribution is 2.49. The first kappa shape index (κ1) is 22.4. The van der Waals surface area contributed by atoms with Crippen LogP contribution in [-0.2, 0) is 9.53 Å². The SMILES string of the molecule is CC(C)N(C(=O)OCC1c2ccccc2-c2ccccc21)C1(C(=O)O)CCCCC1(C)C. The molecular weight excluding hydrogens is 402 g/mol. The summed E-state index contributed by atoms with van der Waals surface area (Å²) in [5.41, 5.74) is 2.79. The van der Waals surface area contributed by atoms with Gasteiger partial charge in [-0.05, 0) is 54.4 Å². The van der Waals surface area contributed by atoms with Crippen LogP contribution >= 0.6 is 0 Å². The van der Waals surface area contributed by atoms with Crippen LogP contribution in [0.2, 0.25) is 0 Å². The van der Waals surface area contributed by atoms with Crippen LogP contribution in [-0.4, -0.2) is 40.3 Å². The van der Waals surface area contributed by atoms with Crippen molar-refractivity contribution < 1.29 is 19.4 Å². The first-order valence-electron chi connectivity index (χ1n) is 11.6. The van der Waals surface area contributed by atoms with Crippen molar-refractivity contribution in [2.75, 3.05) is 6.61 Å². The van der Waals surface area contributed by atoms with Gasteiger partial charge in [0.05, 0.1) is 0 Å². The minimum atomic E-state index is -1.28. The molecule has 170 valence electrons. The molecule has 2 aliphatic carbocycles.